The van der Waals surface area contributed by atoms with Crippen LogP contribution in [0.2, 0.25) is 0 Å². The van der Waals surface area contributed by atoms with Crippen molar-refractivity contribution in [3.05, 3.63) is 29.8 Å². The molecule has 4 bridgehead atoms. The summed E-state index contributed by atoms with van der Waals surface area (Å²) in [6, 6.07) is 2.16. The molecule has 3 unspecified atom stereocenters. The molecule has 1 amide bonds. The van der Waals surface area contributed by atoms with Crippen LogP contribution in [0.4, 0.5) is 5.69 Å². The van der Waals surface area contributed by atoms with Gasteiger partial charge in [-0.15, -0.1) is 0 Å². The molecule has 6 atom stereocenters. The molecule has 1 spiro atoms. The fourth-order valence-corrected chi connectivity index (χ4v) is 7.09. The summed E-state index contributed by atoms with van der Waals surface area (Å²) in [5.74, 6) is -2.55. The number of carboxylic acids is 1. The first-order chi connectivity index (χ1) is 15.0. The first kappa shape index (κ1) is 21.0. The third kappa shape index (κ3) is 2.75. The van der Waals surface area contributed by atoms with E-state index in [2.05, 4.69) is 18.3 Å². The molecule has 8 nitrogen and oxygen atoms in total. The maximum Gasteiger partial charge on any atom is 0.339 e. The highest BCUT2D eigenvalue weighted by molar-refractivity contribution is 6.00. The van der Waals surface area contributed by atoms with Crippen molar-refractivity contribution >= 4 is 23.3 Å². The Labute approximate surface area is 185 Å². The average molecular weight is 441 g/mol. The van der Waals surface area contributed by atoms with E-state index >= 15 is 0 Å². The molecule has 0 aromatic heterocycles. The molecular weight excluding hydrogens is 414 g/mol. The third-order valence-electron chi connectivity index (χ3n) is 8.44. The van der Waals surface area contributed by atoms with Gasteiger partial charge in [0, 0.05) is 17.8 Å². The first-order valence-corrected chi connectivity index (χ1v) is 11.0. The zero-order chi connectivity index (χ0) is 23.1. The summed E-state index contributed by atoms with van der Waals surface area (Å²) in [5.41, 5.74) is -1.75. The van der Waals surface area contributed by atoms with Crippen LogP contribution < -0.4 is 5.32 Å². The number of nitrogens with one attached hydrogen (secondary N) is 1. The van der Waals surface area contributed by atoms with Crippen LogP contribution in [0, 0.1) is 22.7 Å². The van der Waals surface area contributed by atoms with Crippen molar-refractivity contribution in [3.8, 4) is 11.5 Å². The monoisotopic (exact) mass is 441 g/mol. The van der Waals surface area contributed by atoms with Crippen LogP contribution in [0.15, 0.2) is 24.3 Å². The Bertz CT molecular complexity index is 1080. The molecule has 6 rings (SSSR count). The van der Waals surface area contributed by atoms with Crippen molar-refractivity contribution in [2.24, 2.45) is 22.7 Å². The van der Waals surface area contributed by atoms with Gasteiger partial charge in [0.25, 0.3) is 0 Å². The van der Waals surface area contributed by atoms with Crippen LogP contribution in [0.1, 0.15) is 56.3 Å². The Morgan fingerprint density at radius 2 is 2.00 bits per heavy atom. The summed E-state index contributed by atoms with van der Waals surface area (Å²) in [4.78, 5) is 37.0. The number of phenols is 2. The van der Waals surface area contributed by atoms with E-state index in [1.54, 1.807) is 6.08 Å². The van der Waals surface area contributed by atoms with Gasteiger partial charge in [0.05, 0.1) is 11.7 Å². The number of aromatic hydroxyl groups is 2. The quantitative estimate of drug-likeness (QED) is 0.516. The van der Waals surface area contributed by atoms with Gasteiger partial charge < -0.3 is 25.4 Å². The predicted octanol–water partition coefficient (Wildman–Crippen LogP) is 3.23. The first-order valence-electron chi connectivity index (χ1n) is 11.0. The number of phenolic OH excluding ortho intramolecular Hbond substituents is 1. The fraction of sp³-hybridized carbons (Fsp3) is 0.542. The molecule has 0 radical (unpaired) electrons. The van der Waals surface area contributed by atoms with Crippen LogP contribution in [0.5, 0.6) is 11.5 Å². The number of carbonyl (C=O) groups is 3. The number of amides is 1. The highest BCUT2D eigenvalue weighted by Crippen LogP contribution is 2.71. The lowest BCUT2D eigenvalue weighted by molar-refractivity contribution is -0.169. The Kier molecular flexibility index (Phi) is 4.31. The molecule has 4 N–H and O–H groups in total. The number of allylic oxidation sites excluding steroid dienone is 2. The Hall–Kier alpha value is -2.87. The zero-order valence-electron chi connectivity index (χ0n) is 18.1. The molecule has 5 aliphatic rings. The lowest BCUT2D eigenvalue weighted by Crippen LogP contribution is -2.56. The second kappa shape index (κ2) is 6.57. The van der Waals surface area contributed by atoms with E-state index in [0.717, 1.165) is 31.4 Å². The van der Waals surface area contributed by atoms with E-state index in [1.807, 2.05) is 6.92 Å². The predicted molar refractivity (Wildman–Crippen MR) is 113 cm³/mol. The van der Waals surface area contributed by atoms with Gasteiger partial charge in [0.15, 0.2) is 11.5 Å². The third-order valence-corrected chi connectivity index (χ3v) is 8.44. The van der Waals surface area contributed by atoms with Gasteiger partial charge in [0.1, 0.15) is 17.0 Å². The van der Waals surface area contributed by atoms with Crippen LogP contribution in [-0.2, 0) is 14.3 Å². The van der Waals surface area contributed by atoms with Gasteiger partial charge in [-0.05, 0) is 62.1 Å². The van der Waals surface area contributed by atoms with Gasteiger partial charge in [0.2, 0.25) is 5.91 Å². The average Bonchev–Trinajstić information content (AvgIpc) is 3.08. The second-order valence-corrected chi connectivity index (χ2v) is 10.3. The van der Waals surface area contributed by atoms with Gasteiger partial charge in [-0.3, -0.25) is 9.59 Å². The number of rotatable bonds is 5. The van der Waals surface area contributed by atoms with Crippen molar-refractivity contribution in [3.63, 3.8) is 0 Å². The summed E-state index contributed by atoms with van der Waals surface area (Å²) >= 11 is 0. The van der Waals surface area contributed by atoms with Gasteiger partial charge in [-0.25, -0.2) is 4.79 Å². The van der Waals surface area contributed by atoms with Crippen molar-refractivity contribution < 1.29 is 34.4 Å². The summed E-state index contributed by atoms with van der Waals surface area (Å²) in [5, 5.41) is 31.7. The SMILES string of the molecule is CC1(CCC(=O)Nc2c(O)ccc(C(=O)O)c2O)C(=O)C=C[C@]23CC4C[C@H](O[C@@]4(C)C2)C13. The van der Waals surface area contributed by atoms with Crippen LogP contribution in [-0.4, -0.2) is 44.7 Å². The van der Waals surface area contributed by atoms with E-state index in [-0.39, 0.29) is 47.4 Å². The molecule has 4 fully saturated rings. The van der Waals surface area contributed by atoms with Crippen molar-refractivity contribution in [1.82, 2.24) is 0 Å². The zero-order valence-corrected chi connectivity index (χ0v) is 18.1. The molecule has 8 heteroatoms. The van der Waals surface area contributed by atoms with E-state index in [1.165, 1.54) is 0 Å². The number of aromatic carboxylic acids is 1. The molecule has 3 aliphatic carbocycles. The summed E-state index contributed by atoms with van der Waals surface area (Å²) in [6.45, 7) is 4.08. The van der Waals surface area contributed by atoms with E-state index in [9.17, 15) is 24.6 Å². The maximum atomic E-state index is 13.1. The van der Waals surface area contributed by atoms with E-state index in [4.69, 9.17) is 9.84 Å². The van der Waals surface area contributed by atoms with Crippen LogP contribution >= 0.6 is 0 Å². The summed E-state index contributed by atoms with van der Waals surface area (Å²) in [6.07, 6.45) is 6.86. The number of carboxylic acid groups (broad SMARTS) is 1. The highest BCUT2D eigenvalue weighted by Gasteiger charge is 2.71. The molecule has 170 valence electrons. The van der Waals surface area contributed by atoms with Gasteiger partial charge in [-0.2, -0.15) is 0 Å². The van der Waals surface area contributed by atoms with E-state index in [0.29, 0.717) is 5.92 Å². The minimum absolute atomic E-state index is 0.00395. The van der Waals surface area contributed by atoms with Gasteiger partial charge >= 0.3 is 5.97 Å². The standard InChI is InChI=1S/C24H27NO7/c1-22(7-6-17(28)25-18-14(26)4-3-13(19(18)29)21(30)31)16(27)5-8-24-10-12-9-15(20(22)24)32-23(12,2)11-24/h3-5,8,12,15,20,26,29H,6-7,9-11H2,1-2H3,(H,25,28)(H,30,31)/t12?,15-,20?,22?,23-,24-/m0/s1. The number of hydrogen-bond acceptors (Lipinski definition) is 6. The smallest absolute Gasteiger partial charge is 0.339 e. The Morgan fingerprint density at radius 1 is 1.25 bits per heavy atom. The largest absolute Gasteiger partial charge is 0.506 e. The number of ketones is 1. The van der Waals surface area contributed by atoms with Crippen molar-refractivity contribution in [2.75, 3.05) is 5.32 Å². The molecule has 1 aromatic carbocycles. The van der Waals surface area contributed by atoms with Crippen LogP contribution in [0.25, 0.3) is 0 Å². The lowest BCUT2D eigenvalue weighted by atomic mass is 9.51. The Balaban J connectivity index is 1.36. The number of carbonyl (C=O) groups excluding carboxylic acids is 2. The lowest BCUT2D eigenvalue weighted by Gasteiger charge is -2.55. The molecule has 32 heavy (non-hydrogen) atoms. The fourth-order valence-electron chi connectivity index (χ4n) is 7.09. The second-order valence-electron chi connectivity index (χ2n) is 10.3. The van der Waals surface area contributed by atoms with Gasteiger partial charge in [-0.1, -0.05) is 13.0 Å². The molecular formula is C24H27NO7. The minimum Gasteiger partial charge on any atom is -0.506 e. The maximum absolute atomic E-state index is 13.1. The normalized spacial score (nSPS) is 38.7. The van der Waals surface area contributed by atoms with E-state index < -0.39 is 34.4 Å². The van der Waals surface area contributed by atoms with Crippen LogP contribution in [0.3, 0.4) is 0 Å². The number of anilines is 1. The number of benzene rings is 1. The minimum atomic E-state index is -1.38. The number of hydrogen-bond donors (Lipinski definition) is 4. The number of ether oxygens (including phenoxy) is 1. The summed E-state index contributed by atoms with van der Waals surface area (Å²) < 4.78 is 6.41. The molecule has 2 heterocycles. The van der Waals surface area contributed by atoms with Crippen molar-refractivity contribution in [1.29, 1.82) is 0 Å². The molecule has 2 saturated heterocycles. The highest BCUT2D eigenvalue weighted by atomic mass is 16.5. The molecule has 2 aliphatic heterocycles. The Morgan fingerprint density at radius 3 is 2.69 bits per heavy atom. The summed E-state index contributed by atoms with van der Waals surface area (Å²) in [7, 11) is 0. The van der Waals surface area contributed by atoms with Crippen molar-refractivity contribution in [2.45, 2.75) is 57.7 Å². The topological polar surface area (TPSA) is 133 Å². The molecule has 1 aromatic rings. The molecule has 2 saturated carbocycles.